The number of carbonyl (C=O) groups is 2. The van der Waals surface area contributed by atoms with E-state index < -0.39 is 21.8 Å². The first-order chi connectivity index (χ1) is 15.3. The van der Waals surface area contributed by atoms with Crippen LogP contribution in [0.25, 0.3) is 11.3 Å². The molecule has 0 spiro atoms. The van der Waals surface area contributed by atoms with E-state index in [4.69, 9.17) is 11.6 Å². The minimum absolute atomic E-state index is 0.0446. The van der Waals surface area contributed by atoms with Crippen LogP contribution in [0.4, 0.5) is 0 Å². The number of halogens is 1. The van der Waals surface area contributed by atoms with Crippen molar-refractivity contribution in [1.82, 2.24) is 25.4 Å². The molecular weight excluding hydrogens is 454 g/mol. The Kier molecular flexibility index (Phi) is 7.29. The zero-order valence-corrected chi connectivity index (χ0v) is 19.0. The number of nitrogens with zero attached hydrogens (tertiary/aromatic N) is 2. The molecule has 0 atom stereocenters. The standard InChI is InChI=1S/C21H22ClN5O4S/c1-3-27(4-2)32(30,31)15-10-11-17(22)16(12-15)20(28)25-26-21(29)19-13-18(23-24-19)14-8-6-5-7-9-14/h5-13H,3-4H2,1-2H3,(H,23,24)(H,25,28)(H,26,29). The van der Waals surface area contributed by atoms with Crippen LogP contribution >= 0.6 is 11.6 Å². The van der Waals surface area contributed by atoms with Crippen LogP contribution in [-0.4, -0.2) is 47.8 Å². The highest BCUT2D eigenvalue weighted by Gasteiger charge is 2.24. The highest BCUT2D eigenvalue weighted by Crippen LogP contribution is 2.23. The van der Waals surface area contributed by atoms with Gasteiger partial charge in [0.05, 0.1) is 21.2 Å². The van der Waals surface area contributed by atoms with Crippen molar-refractivity contribution < 1.29 is 18.0 Å². The highest BCUT2D eigenvalue weighted by atomic mass is 35.5. The Labute approximate surface area is 190 Å². The molecule has 3 N–H and O–H groups in total. The summed E-state index contributed by atoms with van der Waals surface area (Å²) < 4.78 is 26.7. The molecule has 0 unspecified atom stereocenters. The summed E-state index contributed by atoms with van der Waals surface area (Å²) in [4.78, 5) is 24.9. The van der Waals surface area contributed by atoms with Gasteiger partial charge in [-0.1, -0.05) is 55.8 Å². The third kappa shape index (κ3) is 4.98. The van der Waals surface area contributed by atoms with E-state index >= 15 is 0 Å². The van der Waals surface area contributed by atoms with Crippen LogP contribution in [0.3, 0.4) is 0 Å². The van der Waals surface area contributed by atoms with Gasteiger partial charge >= 0.3 is 0 Å². The average molecular weight is 476 g/mol. The number of aromatic amines is 1. The summed E-state index contributed by atoms with van der Waals surface area (Å²) in [7, 11) is -3.78. The lowest BCUT2D eigenvalue weighted by atomic mass is 10.1. The molecule has 2 aromatic carbocycles. The molecule has 32 heavy (non-hydrogen) atoms. The number of hydrogen-bond donors (Lipinski definition) is 3. The normalized spacial score (nSPS) is 11.4. The number of hydrazine groups is 1. The van der Waals surface area contributed by atoms with E-state index in [9.17, 15) is 18.0 Å². The lowest BCUT2D eigenvalue weighted by Gasteiger charge is -2.19. The Bertz CT molecular complexity index is 1220. The maximum atomic E-state index is 12.7. The van der Waals surface area contributed by atoms with Crippen molar-refractivity contribution in [3.63, 3.8) is 0 Å². The quantitative estimate of drug-likeness (QED) is 0.453. The number of carbonyl (C=O) groups excluding carboxylic acids is 2. The van der Waals surface area contributed by atoms with Gasteiger partial charge in [-0.2, -0.15) is 9.40 Å². The van der Waals surface area contributed by atoms with Gasteiger partial charge in [0.2, 0.25) is 10.0 Å². The van der Waals surface area contributed by atoms with Gasteiger partial charge in [0.25, 0.3) is 11.8 Å². The molecule has 0 bridgehead atoms. The molecule has 9 nitrogen and oxygen atoms in total. The van der Waals surface area contributed by atoms with Crippen molar-refractivity contribution >= 4 is 33.4 Å². The predicted molar refractivity (Wildman–Crippen MR) is 121 cm³/mol. The van der Waals surface area contributed by atoms with Gasteiger partial charge in [0.1, 0.15) is 5.69 Å². The van der Waals surface area contributed by atoms with Gasteiger partial charge in [-0.15, -0.1) is 0 Å². The first-order valence-corrected chi connectivity index (χ1v) is 11.6. The third-order valence-electron chi connectivity index (χ3n) is 4.71. The fourth-order valence-electron chi connectivity index (χ4n) is 2.99. The second-order valence-electron chi connectivity index (χ2n) is 6.67. The third-order valence-corrected chi connectivity index (χ3v) is 7.08. The SMILES string of the molecule is CCN(CC)S(=O)(=O)c1ccc(Cl)c(C(=O)NNC(=O)c2cc(-c3ccccc3)n[nH]2)c1. The largest absolute Gasteiger partial charge is 0.287 e. The lowest BCUT2D eigenvalue weighted by Crippen LogP contribution is -2.42. The summed E-state index contributed by atoms with van der Waals surface area (Å²) in [5.74, 6) is -1.39. The molecule has 0 aliphatic rings. The number of sulfonamides is 1. The van der Waals surface area contributed by atoms with Crippen LogP contribution in [0.5, 0.6) is 0 Å². The number of benzene rings is 2. The second kappa shape index (κ2) is 9.94. The van der Waals surface area contributed by atoms with Crippen LogP contribution in [0.1, 0.15) is 34.7 Å². The molecule has 0 fully saturated rings. The van der Waals surface area contributed by atoms with E-state index in [-0.39, 0.29) is 34.3 Å². The highest BCUT2D eigenvalue weighted by molar-refractivity contribution is 7.89. The monoisotopic (exact) mass is 475 g/mol. The number of amides is 2. The van der Waals surface area contributed by atoms with E-state index in [1.807, 2.05) is 30.3 Å². The molecule has 0 aliphatic heterocycles. The number of aromatic nitrogens is 2. The Morgan fingerprint density at radius 1 is 1.00 bits per heavy atom. The van der Waals surface area contributed by atoms with Crippen molar-refractivity contribution in [3.8, 4) is 11.3 Å². The minimum atomic E-state index is -3.78. The molecule has 2 amide bonds. The van der Waals surface area contributed by atoms with Crippen molar-refractivity contribution in [2.75, 3.05) is 13.1 Å². The van der Waals surface area contributed by atoms with E-state index in [1.54, 1.807) is 19.9 Å². The van der Waals surface area contributed by atoms with Crippen molar-refractivity contribution in [2.45, 2.75) is 18.7 Å². The molecule has 3 rings (SSSR count). The summed E-state index contributed by atoms with van der Waals surface area (Å²) in [6.45, 7) is 4.01. The second-order valence-corrected chi connectivity index (χ2v) is 9.02. The van der Waals surface area contributed by atoms with Crippen LogP contribution < -0.4 is 10.9 Å². The first-order valence-electron chi connectivity index (χ1n) is 9.79. The van der Waals surface area contributed by atoms with Gasteiger partial charge in [-0.05, 0) is 24.3 Å². The smallest absolute Gasteiger partial charge is 0.272 e. The van der Waals surface area contributed by atoms with Crippen molar-refractivity contribution in [1.29, 1.82) is 0 Å². The Hall–Kier alpha value is -3.21. The number of hydrogen-bond acceptors (Lipinski definition) is 5. The van der Waals surface area contributed by atoms with Crippen LogP contribution in [0.2, 0.25) is 5.02 Å². The number of H-pyrrole nitrogens is 1. The van der Waals surface area contributed by atoms with E-state index in [2.05, 4.69) is 21.0 Å². The molecule has 0 radical (unpaired) electrons. The van der Waals surface area contributed by atoms with Gasteiger partial charge in [0, 0.05) is 18.7 Å². The van der Waals surface area contributed by atoms with Crippen LogP contribution in [0, 0.1) is 0 Å². The number of nitrogens with one attached hydrogen (secondary N) is 3. The lowest BCUT2D eigenvalue weighted by molar-refractivity contribution is 0.0844. The molecule has 0 saturated carbocycles. The summed E-state index contributed by atoms with van der Waals surface area (Å²) in [5.41, 5.74) is 5.95. The van der Waals surface area contributed by atoms with Crippen LogP contribution in [-0.2, 0) is 10.0 Å². The molecular formula is C21H22ClN5O4S. The summed E-state index contributed by atoms with van der Waals surface area (Å²) in [5, 5.41) is 6.74. The van der Waals surface area contributed by atoms with E-state index in [0.29, 0.717) is 5.69 Å². The molecule has 1 heterocycles. The summed E-state index contributed by atoms with van der Waals surface area (Å²) >= 11 is 6.09. The zero-order valence-electron chi connectivity index (χ0n) is 17.4. The Morgan fingerprint density at radius 2 is 1.66 bits per heavy atom. The minimum Gasteiger partial charge on any atom is -0.272 e. The first kappa shape index (κ1) is 23.5. The van der Waals surface area contributed by atoms with Crippen molar-refractivity contribution in [2.24, 2.45) is 0 Å². The van der Waals surface area contributed by atoms with Gasteiger partial charge in [-0.25, -0.2) is 8.42 Å². The fourth-order valence-corrected chi connectivity index (χ4v) is 4.68. The van der Waals surface area contributed by atoms with Crippen LogP contribution in [0.15, 0.2) is 59.5 Å². The summed E-state index contributed by atoms with van der Waals surface area (Å²) in [6, 6.07) is 14.7. The number of rotatable bonds is 7. The summed E-state index contributed by atoms with van der Waals surface area (Å²) in [6.07, 6.45) is 0. The Balaban J connectivity index is 1.72. The molecule has 1 aromatic heterocycles. The molecule has 168 valence electrons. The van der Waals surface area contributed by atoms with E-state index in [1.165, 1.54) is 22.5 Å². The zero-order chi connectivity index (χ0) is 23.3. The van der Waals surface area contributed by atoms with Gasteiger partial charge in [0.15, 0.2) is 0 Å². The fraction of sp³-hybridized carbons (Fsp3) is 0.190. The van der Waals surface area contributed by atoms with Crippen molar-refractivity contribution in [3.05, 3.63) is 70.9 Å². The van der Waals surface area contributed by atoms with Gasteiger partial charge in [-0.3, -0.25) is 25.5 Å². The average Bonchev–Trinajstić information content (AvgIpc) is 3.29. The van der Waals surface area contributed by atoms with E-state index in [0.717, 1.165) is 5.56 Å². The predicted octanol–water partition coefficient (Wildman–Crippen LogP) is 2.84. The maximum absolute atomic E-state index is 12.7. The maximum Gasteiger partial charge on any atom is 0.287 e. The Morgan fingerprint density at radius 3 is 2.31 bits per heavy atom. The molecule has 11 heteroatoms. The molecule has 0 aliphatic carbocycles. The molecule has 0 saturated heterocycles. The topological polar surface area (TPSA) is 124 Å². The molecule has 3 aromatic rings. The van der Waals surface area contributed by atoms with Gasteiger partial charge < -0.3 is 0 Å².